The van der Waals surface area contributed by atoms with E-state index in [4.69, 9.17) is 0 Å². The fraction of sp³-hybridized carbons (Fsp3) is 0.607. The van der Waals surface area contributed by atoms with Gasteiger partial charge in [-0.05, 0) is 62.1 Å². The topological polar surface area (TPSA) is 106 Å². The van der Waals surface area contributed by atoms with Crippen molar-refractivity contribution in [2.75, 3.05) is 0 Å². The Morgan fingerprint density at radius 1 is 1.00 bits per heavy atom. The third-order valence-electron chi connectivity index (χ3n) is 8.35. The third-order valence-corrected chi connectivity index (χ3v) is 8.35. The molecule has 2 aliphatic carbocycles. The maximum atomic E-state index is 14.0. The first kappa shape index (κ1) is 32.6. The van der Waals surface area contributed by atoms with Crippen LogP contribution in [0.15, 0.2) is 30.7 Å². The van der Waals surface area contributed by atoms with Crippen molar-refractivity contribution in [3.05, 3.63) is 47.7 Å². The number of amides is 2. The zero-order valence-corrected chi connectivity index (χ0v) is 24.0. The predicted molar refractivity (Wildman–Crippen MR) is 142 cm³/mol. The fourth-order valence-electron chi connectivity index (χ4n) is 5.62. The minimum absolute atomic E-state index is 0.00148. The van der Waals surface area contributed by atoms with Gasteiger partial charge in [0.1, 0.15) is 11.7 Å². The molecule has 0 radical (unpaired) electrons. The molecule has 0 spiro atoms. The molecule has 246 valence electrons. The minimum Gasteiger partial charge on any atom is -0.349 e. The van der Waals surface area contributed by atoms with Gasteiger partial charge < -0.3 is 10.6 Å². The van der Waals surface area contributed by atoms with E-state index in [1.807, 2.05) is 0 Å². The van der Waals surface area contributed by atoms with Crippen LogP contribution in [-0.4, -0.2) is 54.5 Å². The molecular formula is C28H31F8N7O2. The van der Waals surface area contributed by atoms with Crippen LogP contribution in [0.25, 0.3) is 5.65 Å². The van der Waals surface area contributed by atoms with Crippen LogP contribution < -0.4 is 10.6 Å². The van der Waals surface area contributed by atoms with Gasteiger partial charge >= 0.3 is 12.4 Å². The van der Waals surface area contributed by atoms with Gasteiger partial charge in [0, 0.05) is 25.5 Å². The Kier molecular flexibility index (Phi) is 8.83. The van der Waals surface area contributed by atoms with Crippen molar-refractivity contribution in [2.45, 2.75) is 94.7 Å². The second-order valence-electron chi connectivity index (χ2n) is 11.8. The predicted octanol–water partition coefficient (Wildman–Crippen LogP) is 6.26. The average Bonchev–Trinajstić information content (AvgIpc) is 3.51. The van der Waals surface area contributed by atoms with Gasteiger partial charge in [0.05, 0.1) is 36.6 Å². The van der Waals surface area contributed by atoms with E-state index < -0.39 is 79.8 Å². The molecule has 0 bridgehead atoms. The zero-order valence-electron chi connectivity index (χ0n) is 24.0. The number of fused-ring (bicyclic) bond motifs is 1. The van der Waals surface area contributed by atoms with Gasteiger partial charge in [-0.25, -0.2) is 23.0 Å². The molecule has 2 fully saturated rings. The highest BCUT2D eigenvalue weighted by atomic mass is 19.4. The molecule has 3 atom stereocenters. The van der Waals surface area contributed by atoms with E-state index in [1.165, 1.54) is 16.9 Å². The van der Waals surface area contributed by atoms with Crippen molar-refractivity contribution in [2.24, 2.45) is 11.8 Å². The molecule has 1 unspecified atom stereocenters. The Morgan fingerprint density at radius 2 is 1.67 bits per heavy atom. The second-order valence-corrected chi connectivity index (χ2v) is 11.8. The van der Waals surface area contributed by atoms with Crippen LogP contribution in [-0.2, 0) is 4.79 Å². The highest BCUT2D eigenvalue weighted by Crippen LogP contribution is 2.43. The molecule has 0 saturated heterocycles. The molecule has 2 amide bonds. The van der Waals surface area contributed by atoms with Crippen LogP contribution >= 0.6 is 0 Å². The normalized spacial score (nSPS) is 19.7. The Morgan fingerprint density at radius 3 is 2.29 bits per heavy atom. The number of nitrogens with zero attached hydrogens (tertiary/aromatic N) is 5. The van der Waals surface area contributed by atoms with Crippen LogP contribution in [0, 0.1) is 11.8 Å². The van der Waals surface area contributed by atoms with Crippen LogP contribution in [0.1, 0.15) is 98.2 Å². The molecule has 2 N–H and O–H groups in total. The maximum absolute atomic E-state index is 14.0. The Labute approximate surface area is 251 Å². The number of imidazole rings is 1. The van der Waals surface area contributed by atoms with Crippen molar-refractivity contribution >= 4 is 17.5 Å². The molecule has 0 aromatic carbocycles. The molecule has 9 nitrogen and oxygen atoms in total. The number of hydrogen-bond donors (Lipinski definition) is 2. The maximum Gasteiger partial charge on any atom is 0.410 e. The summed E-state index contributed by atoms with van der Waals surface area (Å²) in [6, 6.07) is -0.953. The summed E-state index contributed by atoms with van der Waals surface area (Å²) in [5.74, 6) is -5.07. The van der Waals surface area contributed by atoms with E-state index in [0.717, 1.165) is 32.0 Å². The number of alkyl halides is 8. The molecule has 2 aliphatic rings. The molecule has 17 heteroatoms. The van der Waals surface area contributed by atoms with Gasteiger partial charge in [0.25, 0.3) is 5.91 Å². The number of carbonyl (C=O) groups excluding carboxylic acids is 2. The standard InChI is InChI=1S/C28H31F8N7O2/c1-15(28(34,35)36)43-20(7-11-37-43)25(45)41-24(17-4-8-26(29,30)9-5-17)19-14-42-21(39-19)12-18(13-38-42)23(16-2-3-16)40-22(44)6-10-27(31,32)33/h7,11-17,23-24H,2-6,8-10H2,1H3,(H,40,44)(H,41,45)/t15-,23?,24-/m0/s1. The number of rotatable bonds is 10. The fourth-order valence-corrected chi connectivity index (χ4v) is 5.62. The van der Waals surface area contributed by atoms with Crippen LogP contribution in [0.3, 0.4) is 0 Å². The highest BCUT2D eigenvalue weighted by Gasteiger charge is 2.42. The summed E-state index contributed by atoms with van der Waals surface area (Å²) in [4.78, 5) is 30.2. The van der Waals surface area contributed by atoms with Gasteiger partial charge in [-0.1, -0.05) is 0 Å². The number of halogens is 8. The lowest BCUT2D eigenvalue weighted by atomic mass is 9.81. The summed E-state index contributed by atoms with van der Waals surface area (Å²) >= 11 is 0. The SMILES string of the molecule is C[C@H](n1nccc1C(=O)N[C@H](c1cn2ncc(C(NC(=O)CCC(F)(F)F)C3CC3)cc2n1)C1CCC(F)(F)CC1)C(F)(F)F. The van der Waals surface area contributed by atoms with Crippen LogP contribution in [0.4, 0.5) is 35.1 Å². The second kappa shape index (κ2) is 12.2. The third kappa shape index (κ3) is 7.90. The number of nitrogens with one attached hydrogen (secondary N) is 2. The first-order valence-corrected chi connectivity index (χ1v) is 14.5. The number of hydrogen-bond acceptors (Lipinski definition) is 5. The molecule has 0 aliphatic heterocycles. The lowest BCUT2D eigenvalue weighted by molar-refractivity contribution is -0.165. The van der Waals surface area contributed by atoms with E-state index in [1.54, 1.807) is 6.07 Å². The van der Waals surface area contributed by atoms with Gasteiger partial charge in [-0.15, -0.1) is 0 Å². The minimum atomic E-state index is -4.68. The van der Waals surface area contributed by atoms with E-state index in [9.17, 15) is 44.7 Å². The number of carbonyl (C=O) groups is 2. The molecule has 3 heterocycles. The van der Waals surface area contributed by atoms with Gasteiger partial charge in [0.15, 0.2) is 5.65 Å². The van der Waals surface area contributed by atoms with Gasteiger partial charge in [-0.3, -0.25) is 9.59 Å². The summed E-state index contributed by atoms with van der Waals surface area (Å²) in [6.07, 6.45) is -6.54. The molecule has 3 aromatic heterocycles. The quantitative estimate of drug-likeness (QED) is 0.253. The molecule has 5 rings (SSSR count). The van der Waals surface area contributed by atoms with E-state index >= 15 is 0 Å². The largest absolute Gasteiger partial charge is 0.410 e. The van der Waals surface area contributed by atoms with Gasteiger partial charge in [0.2, 0.25) is 11.8 Å². The Balaban J connectivity index is 1.41. The summed E-state index contributed by atoms with van der Waals surface area (Å²) < 4.78 is 108. The molecule has 45 heavy (non-hydrogen) atoms. The van der Waals surface area contributed by atoms with Crippen molar-refractivity contribution < 1.29 is 44.7 Å². The van der Waals surface area contributed by atoms with E-state index in [-0.39, 0.29) is 35.8 Å². The average molecular weight is 650 g/mol. The molecular weight excluding hydrogens is 618 g/mol. The number of aromatic nitrogens is 5. The summed E-state index contributed by atoms with van der Waals surface area (Å²) in [6.45, 7) is 0.851. The first-order chi connectivity index (χ1) is 21.0. The van der Waals surface area contributed by atoms with Crippen LogP contribution in [0.2, 0.25) is 0 Å². The van der Waals surface area contributed by atoms with Crippen molar-refractivity contribution in [1.82, 2.24) is 35.0 Å². The van der Waals surface area contributed by atoms with Crippen LogP contribution in [0.5, 0.6) is 0 Å². The zero-order chi connectivity index (χ0) is 32.7. The van der Waals surface area contributed by atoms with Crippen molar-refractivity contribution in [3.8, 4) is 0 Å². The lowest BCUT2D eigenvalue weighted by Gasteiger charge is -2.33. The summed E-state index contributed by atoms with van der Waals surface area (Å²) in [5, 5.41) is 13.3. The Hall–Kier alpha value is -3.79. The monoisotopic (exact) mass is 649 g/mol. The van der Waals surface area contributed by atoms with Crippen molar-refractivity contribution in [3.63, 3.8) is 0 Å². The first-order valence-electron chi connectivity index (χ1n) is 14.5. The summed E-state index contributed by atoms with van der Waals surface area (Å²) in [7, 11) is 0. The molecule has 3 aromatic rings. The lowest BCUT2D eigenvalue weighted by Crippen LogP contribution is -2.39. The highest BCUT2D eigenvalue weighted by molar-refractivity contribution is 5.92. The van der Waals surface area contributed by atoms with E-state index in [0.29, 0.717) is 10.2 Å². The summed E-state index contributed by atoms with van der Waals surface area (Å²) in [5.41, 5.74) is 0.623. The Bertz CT molecular complexity index is 1520. The van der Waals surface area contributed by atoms with Gasteiger partial charge in [-0.2, -0.15) is 36.5 Å². The molecule has 2 saturated carbocycles. The smallest absolute Gasteiger partial charge is 0.349 e. The van der Waals surface area contributed by atoms with E-state index in [2.05, 4.69) is 25.8 Å². The van der Waals surface area contributed by atoms with Crippen molar-refractivity contribution in [1.29, 1.82) is 0 Å².